The molecule has 0 aliphatic rings. The molecule has 5 heteroatoms. The number of unbranched alkanes of at least 4 members (excludes halogenated alkanes) is 4. The molecular formula is C16H36Cl3NSn. The van der Waals surface area contributed by atoms with Crippen LogP contribution in [0.4, 0.5) is 0 Å². The molecule has 0 N–H and O–H groups in total. The van der Waals surface area contributed by atoms with Gasteiger partial charge < -0.3 is 4.48 Å². The molecule has 0 saturated heterocycles. The second-order valence-corrected chi connectivity index (χ2v) is 18.6. The fourth-order valence-electron chi connectivity index (χ4n) is 2.64. The van der Waals surface area contributed by atoms with Crippen molar-refractivity contribution >= 4 is 43.1 Å². The molecule has 0 rings (SSSR count). The zero-order chi connectivity index (χ0) is 16.6. The van der Waals surface area contributed by atoms with Gasteiger partial charge in [0.05, 0.1) is 26.2 Å². The first-order valence-corrected chi connectivity index (χ1v) is 19.5. The number of hydrogen-bond acceptors (Lipinski definition) is 0. The third kappa shape index (κ3) is 17.8. The van der Waals surface area contributed by atoms with E-state index in [9.17, 15) is 0 Å². The van der Waals surface area contributed by atoms with E-state index < -0.39 is 16.4 Å². The zero-order valence-electron chi connectivity index (χ0n) is 14.6. The summed E-state index contributed by atoms with van der Waals surface area (Å²) in [7, 11) is 15.0. The van der Waals surface area contributed by atoms with Crippen LogP contribution < -0.4 is 0 Å². The monoisotopic (exact) mass is 467 g/mol. The van der Waals surface area contributed by atoms with E-state index in [0.29, 0.717) is 0 Å². The van der Waals surface area contributed by atoms with Gasteiger partial charge in [-0.3, -0.25) is 0 Å². The van der Waals surface area contributed by atoms with Gasteiger partial charge in [-0.05, 0) is 25.7 Å². The van der Waals surface area contributed by atoms with E-state index >= 15 is 0 Å². The van der Waals surface area contributed by atoms with E-state index in [1.807, 2.05) is 0 Å². The van der Waals surface area contributed by atoms with Crippen molar-refractivity contribution in [3.05, 3.63) is 0 Å². The van der Waals surface area contributed by atoms with Crippen molar-refractivity contribution in [1.29, 1.82) is 0 Å². The van der Waals surface area contributed by atoms with E-state index in [2.05, 4.69) is 27.7 Å². The molecule has 1 nitrogen and oxygen atoms in total. The van der Waals surface area contributed by atoms with Crippen LogP contribution in [0.5, 0.6) is 0 Å². The molecule has 0 atom stereocenters. The average Bonchev–Trinajstić information content (AvgIpc) is 2.45. The van der Waals surface area contributed by atoms with Crippen molar-refractivity contribution in [1.82, 2.24) is 0 Å². The van der Waals surface area contributed by atoms with Crippen LogP contribution in [0.1, 0.15) is 79.1 Å². The Labute approximate surface area is 152 Å². The summed E-state index contributed by atoms with van der Waals surface area (Å²) in [6, 6.07) is 0. The first-order chi connectivity index (χ1) is 9.97. The summed E-state index contributed by atoms with van der Waals surface area (Å²) in [4.78, 5) is 0. The van der Waals surface area contributed by atoms with Crippen LogP contribution in [-0.2, 0) is 0 Å². The molecule has 0 bridgehead atoms. The Hall–Kier alpha value is 1.63. The minimum absolute atomic E-state index is 1.35. The molecule has 0 unspecified atom stereocenters. The molecule has 0 fully saturated rings. The second-order valence-electron chi connectivity index (χ2n) is 5.86. The fourth-order valence-corrected chi connectivity index (χ4v) is 2.64. The Kier molecular flexibility index (Phi) is 21.3. The number of rotatable bonds is 12. The fraction of sp³-hybridized carbons (Fsp3) is 1.00. The molecule has 0 aliphatic heterocycles. The van der Waals surface area contributed by atoms with Crippen molar-refractivity contribution in [2.24, 2.45) is 0 Å². The van der Waals surface area contributed by atoms with Crippen LogP contribution in [0.2, 0.25) is 0 Å². The summed E-state index contributed by atoms with van der Waals surface area (Å²) < 4.78 is 1.42. The van der Waals surface area contributed by atoms with Crippen molar-refractivity contribution in [2.75, 3.05) is 26.2 Å². The molecule has 0 aliphatic carbocycles. The number of hydrogen-bond donors (Lipinski definition) is 0. The van der Waals surface area contributed by atoms with Gasteiger partial charge in [0.2, 0.25) is 0 Å². The normalized spacial score (nSPS) is 11.4. The quantitative estimate of drug-likeness (QED) is 0.222. The Bertz CT molecular complexity index is 164. The maximum absolute atomic E-state index is 5.00. The van der Waals surface area contributed by atoms with E-state index in [0.717, 1.165) is 0 Å². The van der Waals surface area contributed by atoms with Gasteiger partial charge in [-0.15, -0.1) is 0 Å². The van der Waals surface area contributed by atoms with Crippen LogP contribution in [0, 0.1) is 0 Å². The third-order valence-corrected chi connectivity index (χ3v) is 3.94. The molecule has 0 aromatic heterocycles. The van der Waals surface area contributed by atoms with E-state index in [-0.39, 0.29) is 0 Å². The van der Waals surface area contributed by atoms with Crippen molar-refractivity contribution in [3.8, 4) is 0 Å². The van der Waals surface area contributed by atoms with Crippen molar-refractivity contribution < 1.29 is 4.48 Å². The molecule has 0 amide bonds. The van der Waals surface area contributed by atoms with Gasteiger partial charge in [0.1, 0.15) is 0 Å². The van der Waals surface area contributed by atoms with Gasteiger partial charge in [0.25, 0.3) is 0 Å². The Morgan fingerprint density at radius 3 is 0.905 bits per heavy atom. The molecule has 0 aromatic carbocycles. The SMILES string of the molecule is CCCC[N+](CCCC)(CCCC)CCCC.[Cl][Sn-]([Cl])[Cl]. The van der Waals surface area contributed by atoms with Gasteiger partial charge in [-0.1, -0.05) is 53.4 Å². The predicted molar refractivity (Wildman–Crippen MR) is 103 cm³/mol. The van der Waals surface area contributed by atoms with E-state index in [4.69, 9.17) is 26.8 Å². The van der Waals surface area contributed by atoms with Crippen LogP contribution in [0.25, 0.3) is 0 Å². The first-order valence-electron chi connectivity index (χ1n) is 8.66. The standard InChI is InChI=1S/C16H36N.3ClH.Sn/c1-5-9-13-17(14-10-6-2,15-11-7-3)16-12-8-4;;;;/h5-16H2,1-4H3;3*1H;/q+1;;;;+2/p-3. The van der Waals surface area contributed by atoms with Crippen LogP contribution in [0.15, 0.2) is 0 Å². The van der Waals surface area contributed by atoms with Crippen molar-refractivity contribution in [3.63, 3.8) is 0 Å². The Balaban J connectivity index is 0. The summed E-state index contributed by atoms with van der Waals surface area (Å²) >= 11 is -2.13. The Morgan fingerprint density at radius 1 is 0.571 bits per heavy atom. The van der Waals surface area contributed by atoms with Gasteiger partial charge in [-0.2, -0.15) is 0 Å². The summed E-state index contributed by atoms with van der Waals surface area (Å²) in [5.74, 6) is 0. The van der Waals surface area contributed by atoms with Crippen LogP contribution >= 0.6 is 26.8 Å². The van der Waals surface area contributed by atoms with E-state index in [1.165, 1.54) is 82.0 Å². The van der Waals surface area contributed by atoms with Crippen LogP contribution in [0.3, 0.4) is 0 Å². The molecule has 130 valence electrons. The van der Waals surface area contributed by atoms with Gasteiger partial charge in [0.15, 0.2) is 0 Å². The average molecular weight is 468 g/mol. The van der Waals surface area contributed by atoms with Gasteiger partial charge >= 0.3 is 43.1 Å². The predicted octanol–water partition coefficient (Wildman–Crippen LogP) is 6.69. The molecule has 0 spiro atoms. The summed E-state index contributed by atoms with van der Waals surface area (Å²) in [6.07, 6.45) is 11.1. The molecule has 0 saturated carbocycles. The van der Waals surface area contributed by atoms with Crippen molar-refractivity contribution in [2.45, 2.75) is 79.1 Å². The molecule has 0 radical (unpaired) electrons. The number of halogens is 3. The van der Waals surface area contributed by atoms with Gasteiger partial charge in [0, 0.05) is 0 Å². The van der Waals surface area contributed by atoms with E-state index in [1.54, 1.807) is 0 Å². The van der Waals surface area contributed by atoms with Crippen LogP contribution in [-0.4, -0.2) is 47.0 Å². The van der Waals surface area contributed by atoms with Gasteiger partial charge in [-0.25, -0.2) is 0 Å². The molecule has 21 heavy (non-hydrogen) atoms. The minimum atomic E-state index is -2.13. The summed E-state index contributed by atoms with van der Waals surface area (Å²) in [5.41, 5.74) is 0. The number of nitrogens with zero attached hydrogens (tertiary/aromatic N) is 1. The second kappa shape index (κ2) is 18.0. The summed E-state index contributed by atoms with van der Waals surface area (Å²) in [6.45, 7) is 15.0. The zero-order valence-corrected chi connectivity index (χ0v) is 19.7. The summed E-state index contributed by atoms with van der Waals surface area (Å²) in [5, 5.41) is 0. The molecule has 0 aromatic rings. The maximum atomic E-state index is 5.00. The topological polar surface area (TPSA) is 0 Å². The molecular weight excluding hydrogens is 431 g/mol. The first kappa shape index (κ1) is 24.9. The molecule has 0 heterocycles. The number of quaternary nitrogens is 1. The Morgan fingerprint density at radius 2 is 0.762 bits per heavy atom. The third-order valence-electron chi connectivity index (χ3n) is 3.94.